The zero-order valence-electron chi connectivity index (χ0n) is 14.5. The lowest BCUT2D eigenvalue weighted by Crippen LogP contribution is -2.46. The van der Waals surface area contributed by atoms with Gasteiger partial charge in [0.25, 0.3) is 0 Å². The Morgan fingerprint density at radius 3 is 2.60 bits per heavy atom. The Morgan fingerprint density at radius 2 is 1.96 bits per heavy atom. The van der Waals surface area contributed by atoms with Crippen molar-refractivity contribution in [3.05, 3.63) is 52.4 Å². The summed E-state index contributed by atoms with van der Waals surface area (Å²) in [4.78, 5) is 23.2. The lowest BCUT2D eigenvalue weighted by Gasteiger charge is -2.40. The summed E-state index contributed by atoms with van der Waals surface area (Å²) in [6.07, 6.45) is 3.32. The van der Waals surface area contributed by atoms with Crippen molar-refractivity contribution < 1.29 is 9.90 Å². The zero-order valence-corrected chi connectivity index (χ0v) is 15.3. The van der Waals surface area contributed by atoms with E-state index in [1.807, 2.05) is 38.1 Å². The second-order valence-electron chi connectivity index (χ2n) is 6.76. The van der Waals surface area contributed by atoms with E-state index in [0.29, 0.717) is 37.4 Å². The topological polar surface area (TPSA) is 66.3 Å². The number of aromatic nitrogens is 2. The Hall–Kier alpha value is -2.14. The number of carboxylic acid groups (broad SMARTS) is 1. The fourth-order valence-electron chi connectivity index (χ4n) is 3.44. The van der Waals surface area contributed by atoms with E-state index in [1.54, 1.807) is 6.20 Å². The van der Waals surface area contributed by atoms with Crippen LogP contribution in [0.5, 0.6) is 0 Å². The summed E-state index contributed by atoms with van der Waals surface area (Å²) in [6, 6.07) is 7.49. The van der Waals surface area contributed by atoms with E-state index in [0.717, 1.165) is 22.8 Å². The minimum atomic E-state index is -0.785. The average molecular weight is 360 g/mol. The van der Waals surface area contributed by atoms with Crippen molar-refractivity contribution in [3.8, 4) is 0 Å². The SMILES string of the molecule is Cc1cnc(C)c(N2CCC(Cc3ccccc3Cl)(C(=O)O)CC2)n1. The third-order valence-electron chi connectivity index (χ3n) is 5.01. The summed E-state index contributed by atoms with van der Waals surface area (Å²) in [7, 11) is 0. The van der Waals surface area contributed by atoms with Crippen LogP contribution in [0.25, 0.3) is 0 Å². The number of aryl methyl sites for hydroxylation is 2. The molecule has 1 aliphatic rings. The van der Waals surface area contributed by atoms with Crippen LogP contribution in [0.1, 0.15) is 29.8 Å². The van der Waals surface area contributed by atoms with Gasteiger partial charge in [-0.3, -0.25) is 9.78 Å². The van der Waals surface area contributed by atoms with Crippen LogP contribution >= 0.6 is 11.6 Å². The zero-order chi connectivity index (χ0) is 18.0. The van der Waals surface area contributed by atoms with E-state index in [2.05, 4.69) is 14.9 Å². The molecule has 1 aliphatic heterocycles. The van der Waals surface area contributed by atoms with Crippen LogP contribution in [0, 0.1) is 19.3 Å². The van der Waals surface area contributed by atoms with E-state index in [4.69, 9.17) is 11.6 Å². The number of halogens is 1. The van der Waals surface area contributed by atoms with Gasteiger partial charge in [-0.25, -0.2) is 4.98 Å². The van der Waals surface area contributed by atoms with E-state index < -0.39 is 11.4 Å². The van der Waals surface area contributed by atoms with Gasteiger partial charge in [0.15, 0.2) is 0 Å². The Kier molecular flexibility index (Phi) is 4.95. The van der Waals surface area contributed by atoms with Gasteiger partial charge in [-0.1, -0.05) is 29.8 Å². The maximum Gasteiger partial charge on any atom is 0.310 e. The highest BCUT2D eigenvalue weighted by molar-refractivity contribution is 6.31. The van der Waals surface area contributed by atoms with Crippen molar-refractivity contribution in [1.82, 2.24) is 9.97 Å². The molecule has 2 aromatic rings. The minimum Gasteiger partial charge on any atom is -0.481 e. The summed E-state index contributed by atoms with van der Waals surface area (Å²) >= 11 is 6.25. The molecule has 1 aromatic heterocycles. The maximum atomic E-state index is 12.1. The van der Waals surface area contributed by atoms with Crippen molar-refractivity contribution in [2.75, 3.05) is 18.0 Å². The van der Waals surface area contributed by atoms with Gasteiger partial charge in [0.05, 0.1) is 16.8 Å². The Morgan fingerprint density at radius 1 is 1.28 bits per heavy atom. The molecule has 0 saturated carbocycles. The molecule has 3 rings (SSSR count). The smallest absolute Gasteiger partial charge is 0.310 e. The Balaban J connectivity index is 1.80. The molecule has 0 bridgehead atoms. The molecule has 0 spiro atoms. The van der Waals surface area contributed by atoms with Crippen LogP contribution in [0.4, 0.5) is 5.82 Å². The van der Waals surface area contributed by atoms with Crippen LogP contribution in [-0.2, 0) is 11.2 Å². The first-order valence-electron chi connectivity index (χ1n) is 8.43. The van der Waals surface area contributed by atoms with Crippen molar-refractivity contribution in [2.45, 2.75) is 33.1 Å². The predicted molar refractivity (Wildman–Crippen MR) is 98.2 cm³/mol. The van der Waals surface area contributed by atoms with Gasteiger partial charge in [0, 0.05) is 24.3 Å². The van der Waals surface area contributed by atoms with Crippen molar-refractivity contribution >= 4 is 23.4 Å². The normalized spacial score (nSPS) is 16.7. The molecule has 6 heteroatoms. The van der Waals surface area contributed by atoms with Crippen LogP contribution in [-0.4, -0.2) is 34.1 Å². The molecule has 25 heavy (non-hydrogen) atoms. The first kappa shape index (κ1) is 17.7. The van der Waals surface area contributed by atoms with Gasteiger partial charge < -0.3 is 10.0 Å². The van der Waals surface area contributed by atoms with E-state index in [-0.39, 0.29) is 0 Å². The van der Waals surface area contributed by atoms with Crippen LogP contribution in [0.3, 0.4) is 0 Å². The van der Waals surface area contributed by atoms with Crippen LogP contribution < -0.4 is 4.90 Å². The summed E-state index contributed by atoms with van der Waals surface area (Å²) in [5.74, 6) is 0.107. The number of hydrogen-bond acceptors (Lipinski definition) is 4. The maximum absolute atomic E-state index is 12.1. The standard InChI is InChI=1S/C19H22ClN3O2/c1-13-12-21-14(2)17(22-13)23-9-7-19(8-10-23,18(24)25)11-15-5-3-4-6-16(15)20/h3-6,12H,7-11H2,1-2H3,(H,24,25). The summed E-state index contributed by atoms with van der Waals surface area (Å²) in [5.41, 5.74) is 1.85. The number of carboxylic acids is 1. The first-order valence-corrected chi connectivity index (χ1v) is 8.81. The highest BCUT2D eigenvalue weighted by atomic mass is 35.5. The lowest BCUT2D eigenvalue weighted by molar-refractivity contribution is -0.150. The average Bonchev–Trinajstić information content (AvgIpc) is 2.60. The second-order valence-corrected chi connectivity index (χ2v) is 7.17. The third-order valence-corrected chi connectivity index (χ3v) is 5.38. The predicted octanol–water partition coefficient (Wildman–Crippen LogP) is 3.66. The Labute approximate surface area is 152 Å². The molecule has 0 atom stereocenters. The highest BCUT2D eigenvalue weighted by Crippen LogP contribution is 2.38. The molecular formula is C19H22ClN3O2. The molecule has 1 saturated heterocycles. The van der Waals surface area contributed by atoms with Crippen molar-refractivity contribution in [2.24, 2.45) is 5.41 Å². The van der Waals surface area contributed by atoms with Crippen LogP contribution in [0.2, 0.25) is 5.02 Å². The second kappa shape index (κ2) is 7.00. The molecule has 2 heterocycles. The van der Waals surface area contributed by atoms with E-state index >= 15 is 0 Å². The fourth-order valence-corrected chi connectivity index (χ4v) is 3.65. The van der Waals surface area contributed by atoms with E-state index in [1.165, 1.54) is 0 Å². The number of carbonyl (C=O) groups is 1. The minimum absolute atomic E-state index is 0.453. The van der Waals surface area contributed by atoms with Crippen molar-refractivity contribution in [3.63, 3.8) is 0 Å². The quantitative estimate of drug-likeness (QED) is 0.902. The first-order chi connectivity index (χ1) is 11.9. The number of nitrogens with zero attached hydrogens (tertiary/aromatic N) is 3. The van der Waals surface area contributed by atoms with Gasteiger partial charge in [0.2, 0.25) is 0 Å². The molecule has 1 aromatic carbocycles. The molecular weight excluding hydrogens is 338 g/mol. The third kappa shape index (κ3) is 3.61. The molecule has 1 fully saturated rings. The number of benzene rings is 1. The number of rotatable bonds is 4. The molecule has 0 amide bonds. The monoisotopic (exact) mass is 359 g/mol. The van der Waals surface area contributed by atoms with Crippen molar-refractivity contribution in [1.29, 1.82) is 0 Å². The molecule has 5 nitrogen and oxygen atoms in total. The van der Waals surface area contributed by atoms with E-state index in [9.17, 15) is 9.90 Å². The van der Waals surface area contributed by atoms with Gasteiger partial charge in [-0.2, -0.15) is 0 Å². The number of piperidine rings is 1. The molecule has 0 radical (unpaired) electrons. The summed E-state index contributed by atoms with van der Waals surface area (Å²) in [5, 5.41) is 10.5. The lowest BCUT2D eigenvalue weighted by atomic mass is 9.74. The summed E-state index contributed by atoms with van der Waals surface area (Å²) < 4.78 is 0. The molecule has 0 aliphatic carbocycles. The van der Waals surface area contributed by atoms with Gasteiger partial charge in [0.1, 0.15) is 5.82 Å². The van der Waals surface area contributed by atoms with Gasteiger partial charge >= 0.3 is 5.97 Å². The molecule has 132 valence electrons. The number of aliphatic carboxylic acids is 1. The molecule has 0 unspecified atom stereocenters. The summed E-state index contributed by atoms with van der Waals surface area (Å²) in [6.45, 7) is 5.15. The number of hydrogen-bond donors (Lipinski definition) is 1. The van der Waals surface area contributed by atoms with Crippen LogP contribution in [0.15, 0.2) is 30.5 Å². The number of anilines is 1. The van der Waals surface area contributed by atoms with Gasteiger partial charge in [-0.05, 0) is 44.7 Å². The Bertz CT molecular complexity index is 786. The fraction of sp³-hybridized carbons (Fsp3) is 0.421. The molecule has 1 N–H and O–H groups in total. The highest BCUT2D eigenvalue weighted by Gasteiger charge is 2.42. The largest absolute Gasteiger partial charge is 0.481 e. The van der Waals surface area contributed by atoms with Gasteiger partial charge in [-0.15, -0.1) is 0 Å².